The van der Waals surface area contributed by atoms with Gasteiger partial charge in [0.25, 0.3) is 0 Å². The number of hydrogen-bond acceptors (Lipinski definition) is 5. The van der Waals surface area contributed by atoms with Crippen molar-refractivity contribution < 1.29 is 19.0 Å². The molecule has 1 heterocycles. The van der Waals surface area contributed by atoms with Crippen LogP contribution in [0.25, 0.3) is 0 Å². The van der Waals surface area contributed by atoms with Crippen molar-refractivity contribution in [3.8, 4) is 0 Å². The Labute approximate surface area is 96.4 Å². The van der Waals surface area contributed by atoms with Crippen LogP contribution in [-0.2, 0) is 19.0 Å². The van der Waals surface area contributed by atoms with Crippen LogP contribution in [0.4, 0.5) is 0 Å². The zero-order valence-corrected chi connectivity index (χ0v) is 9.87. The molecule has 0 aromatic carbocycles. The molecule has 0 aliphatic carbocycles. The Balaban J connectivity index is 1.89. The first kappa shape index (κ1) is 13.4. The molecule has 5 heteroatoms. The molecule has 94 valence electrons. The fraction of sp³-hybridized carbons (Fsp3) is 0.909. The monoisotopic (exact) mass is 231 g/mol. The normalized spacial score (nSPS) is 17.3. The summed E-state index contributed by atoms with van der Waals surface area (Å²) in [5.41, 5.74) is 0. The molecule has 16 heavy (non-hydrogen) atoms. The molecule has 0 bridgehead atoms. The zero-order chi connectivity index (χ0) is 11.6. The largest absolute Gasteiger partial charge is 0.464 e. The van der Waals surface area contributed by atoms with E-state index in [9.17, 15) is 4.79 Å². The summed E-state index contributed by atoms with van der Waals surface area (Å²) in [6.07, 6.45) is 2.11. The summed E-state index contributed by atoms with van der Waals surface area (Å²) in [6, 6.07) is 0.528. The Morgan fingerprint density at radius 2 is 2.19 bits per heavy atom. The fourth-order valence-corrected chi connectivity index (χ4v) is 1.60. The van der Waals surface area contributed by atoms with Crippen LogP contribution in [0.1, 0.15) is 19.8 Å². The molecule has 1 N–H and O–H groups in total. The van der Waals surface area contributed by atoms with Crippen LogP contribution in [0.5, 0.6) is 0 Å². The molecule has 0 atom stereocenters. The maximum atomic E-state index is 10.9. The van der Waals surface area contributed by atoms with Crippen molar-refractivity contribution >= 4 is 5.97 Å². The highest BCUT2D eigenvalue weighted by Gasteiger charge is 2.12. The SMILES string of the molecule is CCOC(=O)COCCNC1CCOCC1. The van der Waals surface area contributed by atoms with Crippen molar-refractivity contribution in [2.45, 2.75) is 25.8 Å². The molecule has 0 aromatic rings. The molecular weight excluding hydrogens is 210 g/mol. The highest BCUT2D eigenvalue weighted by Crippen LogP contribution is 2.05. The molecular formula is C11H21NO4. The van der Waals surface area contributed by atoms with Crippen molar-refractivity contribution in [3.05, 3.63) is 0 Å². The number of nitrogens with one attached hydrogen (secondary N) is 1. The molecule has 1 rings (SSSR count). The first-order valence-corrected chi connectivity index (χ1v) is 5.87. The summed E-state index contributed by atoms with van der Waals surface area (Å²) in [5, 5.41) is 3.37. The van der Waals surface area contributed by atoms with Crippen molar-refractivity contribution in [3.63, 3.8) is 0 Å². The van der Waals surface area contributed by atoms with E-state index >= 15 is 0 Å². The molecule has 0 saturated carbocycles. The number of esters is 1. The maximum absolute atomic E-state index is 10.9. The van der Waals surface area contributed by atoms with Gasteiger partial charge in [-0.1, -0.05) is 0 Å². The summed E-state index contributed by atoms with van der Waals surface area (Å²) in [4.78, 5) is 10.9. The molecule has 0 aromatic heterocycles. The smallest absolute Gasteiger partial charge is 0.332 e. The average molecular weight is 231 g/mol. The van der Waals surface area contributed by atoms with Crippen molar-refractivity contribution in [1.29, 1.82) is 0 Å². The van der Waals surface area contributed by atoms with Gasteiger partial charge < -0.3 is 19.5 Å². The molecule has 1 aliphatic heterocycles. The highest BCUT2D eigenvalue weighted by molar-refractivity contribution is 5.70. The Morgan fingerprint density at radius 1 is 1.44 bits per heavy atom. The van der Waals surface area contributed by atoms with E-state index in [0.29, 0.717) is 19.3 Å². The van der Waals surface area contributed by atoms with Crippen LogP contribution < -0.4 is 5.32 Å². The summed E-state index contributed by atoms with van der Waals surface area (Å²) < 4.78 is 15.2. The topological polar surface area (TPSA) is 56.8 Å². The van der Waals surface area contributed by atoms with Gasteiger partial charge >= 0.3 is 5.97 Å². The number of carbonyl (C=O) groups is 1. The molecule has 0 amide bonds. The standard InChI is InChI=1S/C11H21NO4/c1-2-16-11(13)9-15-8-5-12-10-3-6-14-7-4-10/h10,12H,2-9H2,1H3. The Kier molecular flexibility index (Phi) is 7.12. The Bertz CT molecular complexity index is 192. The molecule has 5 nitrogen and oxygen atoms in total. The van der Waals surface area contributed by atoms with E-state index in [1.807, 2.05) is 0 Å². The number of carbonyl (C=O) groups excluding carboxylic acids is 1. The summed E-state index contributed by atoms with van der Waals surface area (Å²) in [7, 11) is 0. The third kappa shape index (κ3) is 6.05. The van der Waals surface area contributed by atoms with Crippen molar-refractivity contribution in [2.75, 3.05) is 39.6 Å². The second kappa shape index (κ2) is 8.50. The minimum atomic E-state index is -0.298. The van der Waals surface area contributed by atoms with E-state index in [1.54, 1.807) is 6.92 Å². The van der Waals surface area contributed by atoms with Gasteiger partial charge in [0.15, 0.2) is 0 Å². The Morgan fingerprint density at radius 3 is 2.88 bits per heavy atom. The highest BCUT2D eigenvalue weighted by atomic mass is 16.6. The average Bonchev–Trinajstić information content (AvgIpc) is 2.30. The van der Waals surface area contributed by atoms with Gasteiger partial charge in [-0.25, -0.2) is 4.79 Å². The van der Waals surface area contributed by atoms with E-state index in [4.69, 9.17) is 14.2 Å². The lowest BCUT2D eigenvalue weighted by atomic mass is 10.1. The van der Waals surface area contributed by atoms with Crippen molar-refractivity contribution in [2.24, 2.45) is 0 Å². The van der Waals surface area contributed by atoms with Gasteiger partial charge in [-0.2, -0.15) is 0 Å². The molecule has 0 radical (unpaired) electrons. The molecule has 1 saturated heterocycles. The number of ether oxygens (including phenoxy) is 3. The minimum Gasteiger partial charge on any atom is -0.464 e. The van der Waals surface area contributed by atoms with E-state index in [2.05, 4.69) is 5.32 Å². The van der Waals surface area contributed by atoms with Gasteiger partial charge in [0, 0.05) is 25.8 Å². The maximum Gasteiger partial charge on any atom is 0.332 e. The van der Waals surface area contributed by atoms with Gasteiger partial charge in [-0.05, 0) is 19.8 Å². The third-order valence-corrected chi connectivity index (χ3v) is 2.43. The molecule has 1 fully saturated rings. The minimum absolute atomic E-state index is 0.0449. The van der Waals surface area contributed by atoms with Crippen LogP contribution in [0, 0.1) is 0 Å². The fourth-order valence-electron chi connectivity index (χ4n) is 1.60. The van der Waals surface area contributed by atoms with Crippen LogP contribution in [0.15, 0.2) is 0 Å². The van der Waals surface area contributed by atoms with E-state index in [-0.39, 0.29) is 12.6 Å². The van der Waals surface area contributed by atoms with Gasteiger partial charge in [-0.3, -0.25) is 0 Å². The lowest BCUT2D eigenvalue weighted by Crippen LogP contribution is -2.36. The third-order valence-electron chi connectivity index (χ3n) is 2.43. The molecule has 0 unspecified atom stereocenters. The van der Waals surface area contributed by atoms with Gasteiger partial charge in [-0.15, -0.1) is 0 Å². The molecule has 0 spiro atoms. The number of rotatable bonds is 7. The van der Waals surface area contributed by atoms with Gasteiger partial charge in [0.1, 0.15) is 6.61 Å². The van der Waals surface area contributed by atoms with E-state index in [0.717, 1.165) is 32.6 Å². The Hall–Kier alpha value is -0.650. The first-order chi connectivity index (χ1) is 7.83. The predicted molar refractivity (Wildman–Crippen MR) is 59.3 cm³/mol. The van der Waals surface area contributed by atoms with Gasteiger partial charge in [0.2, 0.25) is 0 Å². The van der Waals surface area contributed by atoms with Crippen LogP contribution in [0.2, 0.25) is 0 Å². The summed E-state index contributed by atoms with van der Waals surface area (Å²) >= 11 is 0. The second-order valence-corrected chi connectivity index (χ2v) is 3.70. The second-order valence-electron chi connectivity index (χ2n) is 3.70. The zero-order valence-electron chi connectivity index (χ0n) is 9.87. The van der Waals surface area contributed by atoms with Crippen LogP contribution in [0.3, 0.4) is 0 Å². The van der Waals surface area contributed by atoms with Crippen LogP contribution in [-0.4, -0.2) is 51.6 Å². The summed E-state index contributed by atoms with van der Waals surface area (Å²) in [5.74, 6) is -0.298. The van der Waals surface area contributed by atoms with E-state index in [1.165, 1.54) is 0 Å². The summed E-state index contributed by atoms with van der Waals surface area (Å²) in [6.45, 7) is 5.21. The predicted octanol–water partition coefficient (Wildman–Crippen LogP) is 0.335. The first-order valence-electron chi connectivity index (χ1n) is 5.87. The molecule has 1 aliphatic rings. The number of hydrogen-bond donors (Lipinski definition) is 1. The van der Waals surface area contributed by atoms with Crippen molar-refractivity contribution in [1.82, 2.24) is 5.32 Å². The van der Waals surface area contributed by atoms with Crippen LogP contribution >= 0.6 is 0 Å². The van der Waals surface area contributed by atoms with E-state index < -0.39 is 0 Å². The lowest BCUT2D eigenvalue weighted by Gasteiger charge is -2.23. The van der Waals surface area contributed by atoms with Gasteiger partial charge in [0.05, 0.1) is 13.2 Å². The quantitative estimate of drug-likeness (QED) is 0.505. The lowest BCUT2D eigenvalue weighted by molar-refractivity contribution is -0.148.